The Balaban J connectivity index is 1.36. The molecule has 1 aromatic carbocycles. The van der Waals surface area contributed by atoms with Gasteiger partial charge in [-0.1, -0.05) is 12.1 Å². The third-order valence-corrected chi connectivity index (χ3v) is 9.56. The van der Waals surface area contributed by atoms with Crippen molar-refractivity contribution in [3.05, 3.63) is 56.7 Å². The van der Waals surface area contributed by atoms with Crippen molar-refractivity contribution >= 4 is 39.2 Å². The molecule has 1 aliphatic heterocycles. The first-order valence-electron chi connectivity index (χ1n) is 12.2. The van der Waals surface area contributed by atoms with E-state index in [4.69, 9.17) is 4.74 Å². The molecule has 0 unspecified atom stereocenters. The minimum atomic E-state index is -0.813. The fraction of sp³-hybridized carbons (Fsp3) is 0.519. The third-order valence-electron chi connectivity index (χ3n) is 7.90. The second-order valence-electron chi connectivity index (χ2n) is 10.2. The molecule has 3 fully saturated rings. The maximum Gasteiger partial charge on any atom is 0.244 e. The lowest BCUT2D eigenvalue weighted by molar-refractivity contribution is -0.132. The highest BCUT2D eigenvalue weighted by Gasteiger charge is 2.57. The number of ether oxygens (including phenoxy) is 1. The van der Waals surface area contributed by atoms with Gasteiger partial charge in [0.1, 0.15) is 5.75 Å². The van der Waals surface area contributed by atoms with Gasteiger partial charge in [-0.3, -0.25) is 4.79 Å². The summed E-state index contributed by atoms with van der Waals surface area (Å²) in [6, 6.07) is 10.2. The maximum absolute atomic E-state index is 12.8. The normalized spacial score (nSPS) is 29.7. The number of carbonyl (C=O) groups is 1. The van der Waals surface area contributed by atoms with E-state index in [1.54, 1.807) is 24.5 Å². The number of likely N-dealkylation sites (tertiary alicyclic amines) is 1. The van der Waals surface area contributed by atoms with Gasteiger partial charge in [-0.05, 0) is 96.8 Å². The predicted octanol–water partition coefficient (Wildman–Crippen LogP) is 4.99. The summed E-state index contributed by atoms with van der Waals surface area (Å²) < 4.78 is 6.56. The largest absolute Gasteiger partial charge is 0.497 e. The van der Waals surface area contributed by atoms with Crippen LogP contribution in [0, 0.1) is 5.92 Å². The molecule has 2 aromatic rings. The van der Waals surface area contributed by atoms with E-state index >= 15 is 0 Å². The summed E-state index contributed by atoms with van der Waals surface area (Å²) in [6.45, 7) is 2.78. The van der Waals surface area contributed by atoms with E-state index < -0.39 is 11.0 Å². The summed E-state index contributed by atoms with van der Waals surface area (Å²) in [5.74, 6) is 1.54. The van der Waals surface area contributed by atoms with Crippen LogP contribution in [0.3, 0.4) is 0 Å². The Kier molecular flexibility index (Phi) is 6.90. The van der Waals surface area contributed by atoms with Gasteiger partial charge in [0, 0.05) is 45.4 Å². The van der Waals surface area contributed by atoms with Crippen LogP contribution in [0.1, 0.15) is 49.0 Å². The van der Waals surface area contributed by atoms with E-state index in [0.717, 1.165) is 58.9 Å². The van der Waals surface area contributed by atoms with Gasteiger partial charge in [-0.15, -0.1) is 11.3 Å². The summed E-state index contributed by atoms with van der Waals surface area (Å²) >= 11 is 5.05. The van der Waals surface area contributed by atoms with Crippen LogP contribution in [0.2, 0.25) is 0 Å². The van der Waals surface area contributed by atoms with Gasteiger partial charge in [0.25, 0.3) is 0 Å². The number of halogens is 1. The molecule has 182 valence electrons. The average Bonchev–Trinajstić information content (AvgIpc) is 3.55. The smallest absolute Gasteiger partial charge is 0.244 e. The highest BCUT2D eigenvalue weighted by molar-refractivity contribution is 9.10. The highest BCUT2D eigenvalue weighted by atomic mass is 79.9. The molecule has 5 nitrogen and oxygen atoms in total. The molecule has 2 heterocycles. The second kappa shape index (κ2) is 9.76. The minimum Gasteiger partial charge on any atom is -0.497 e. The molecule has 0 spiro atoms. The SMILES string of the molecule is COc1cccc([C@@]23CCN(CC4CC4)C[C@@]2(O)CC[C@@H](NC(=O)C=Cc2cc(Br)cs2)C3)c1. The third kappa shape index (κ3) is 4.99. The van der Waals surface area contributed by atoms with Gasteiger partial charge >= 0.3 is 0 Å². The molecule has 0 bridgehead atoms. The molecule has 34 heavy (non-hydrogen) atoms. The van der Waals surface area contributed by atoms with E-state index in [2.05, 4.69) is 38.3 Å². The van der Waals surface area contributed by atoms with Gasteiger partial charge in [0.15, 0.2) is 0 Å². The van der Waals surface area contributed by atoms with E-state index in [1.807, 2.05) is 29.7 Å². The maximum atomic E-state index is 12.8. The first-order chi connectivity index (χ1) is 16.4. The summed E-state index contributed by atoms with van der Waals surface area (Å²) in [4.78, 5) is 16.3. The Morgan fingerprint density at radius 3 is 2.91 bits per heavy atom. The topological polar surface area (TPSA) is 61.8 Å². The Morgan fingerprint density at radius 2 is 2.18 bits per heavy atom. The Labute approximate surface area is 214 Å². The Bertz CT molecular complexity index is 1070. The van der Waals surface area contributed by atoms with Gasteiger partial charge in [0.05, 0.1) is 12.7 Å². The van der Waals surface area contributed by atoms with Crippen LogP contribution in [0.5, 0.6) is 5.75 Å². The van der Waals surface area contributed by atoms with Gasteiger partial charge in [0.2, 0.25) is 5.91 Å². The number of rotatable bonds is 7. The van der Waals surface area contributed by atoms with Crippen LogP contribution >= 0.6 is 27.3 Å². The number of hydrogen-bond acceptors (Lipinski definition) is 5. The van der Waals surface area contributed by atoms with Gasteiger partial charge < -0.3 is 20.1 Å². The number of carbonyl (C=O) groups excluding carboxylic acids is 1. The predicted molar refractivity (Wildman–Crippen MR) is 140 cm³/mol. The quantitative estimate of drug-likeness (QED) is 0.482. The number of β-amino-alcohol motifs (C(OH)–C–C–N with tert-alkyl or cyclic N) is 1. The molecular formula is C27H33BrN2O3S. The van der Waals surface area contributed by atoms with E-state index in [9.17, 15) is 9.90 Å². The zero-order chi connectivity index (χ0) is 23.8. The molecule has 3 aliphatic rings. The molecular weight excluding hydrogens is 512 g/mol. The molecule has 7 heteroatoms. The zero-order valence-electron chi connectivity index (χ0n) is 19.6. The zero-order valence-corrected chi connectivity index (χ0v) is 22.0. The van der Waals surface area contributed by atoms with Crippen LogP contribution in [0.25, 0.3) is 6.08 Å². The first-order valence-corrected chi connectivity index (χ1v) is 13.9. The fourth-order valence-corrected chi connectivity index (χ4v) is 7.28. The van der Waals surface area contributed by atoms with Gasteiger partial charge in [-0.25, -0.2) is 0 Å². The number of nitrogens with one attached hydrogen (secondary N) is 1. The lowest BCUT2D eigenvalue weighted by atomic mass is 9.55. The van der Waals surface area contributed by atoms with Crippen molar-refractivity contribution in [2.45, 2.75) is 55.6 Å². The lowest BCUT2D eigenvalue weighted by Gasteiger charge is -2.58. The van der Waals surface area contributed by atoms with E-state index in [1.165, 1.54) is 12.8 Å². The number of benzene rings is 1. The van der Waals surface area contributed by atoms with E-state index in [-0.39, 0.29) is 11.9 Å². The van der Waals surface area contributed by atoms with Crippen LogP contribution in [0.15, 0.2) is 46.3 Å². The lowest BCUT2D eigenvalue weighted by Crippen LogP contribution is -2.67. The molecule has 5 rings (SSSR count). The van der Waals surface area contributed by atoms with Crippen molar-refractivity contribution in [2.75, 3.05) is 26.7 Å². The average molecular weight is 546 g/mol. The van der Waals surface area contributed by atoms with Crippen molar-refractivity contribution in [3.8, 4) is 5.75 Å². The summed E-state index contributed by atoms with van der Waals surface area (Å²) in [5, 5.41) is 17.4. The number of methoxy groups -OCH3 is 1. The first kappa shape index (κ1) is 24.0. The standard InChI is InChI=1S/C27H33BrN2O3S/c1-33-23-4-2-3-20(13-23)26-11-12-30(16-19-5-6-19)18-27(26,32)10-9-22(15-26)29-25(31)8-7-24-14-21(28)17-34-24/h2-4,7-8,13-14,17,19,22,32H,5-6,9-12,15-16,18H2,1H3,(H,29,31)/t22-,26+,27+/m1/s1. The van der Waals surface area contributed by atoms with Crippen molar-refractivity contribution < 1.29 is 14.6 Å². The van der Waals surface area contributed by atoms with Crippen LogP contribution < -0.4 is 10.1 Å². The van der Waals surface area contributed by atoms with Crippen molar-refractivity contribution in [1.29, 1.82) is 0 Å². The number of hydrogen-bond donors (Lipinski definition) is 2. The molecule has 1 aromatic heterocycles. The van der Waals surface area contributed by atoms with E-state index in [0.29, 0.717) is 13.0 Å². The summed E-state index contributed by atoms with van der Waals surface area (Å²) in [5.41, 5.74) is -0.0919. The number of thiophene rings is 1. The van der Waals surface area contributed by atoms with Crippen LogP contribution in [-0.2, 0) is 10.2 Å². The molecule has 1 amide bonds. The minimum absolute atomic E-state index is 0.0219. The number of aliphatic hydroxyl groups is 1. The van der Waals surface area contributed by atoms with Crippen molar-refractivity contribution in [3.63, 3.8) is 0 Å². The molecule has 3 atom stereocenters. The van der Waals surface area contributed by atoms with Crippen LogP contribution in [-0.4, -0.2) is 54.3 Å². The Hall–Kier alpha value is -1.67. The molecule has 2 aliphatic carbocycles. The fourth-order valence-electron chi connectivity index (χ4n) is 5.95. The highest BCUT2D eigenvalue weighted by Crippen LogP contribution is 2.52. The second-order valence-corrected chi connectivity index (χ2v) is 12.1. The number of fused-ring (bicyclic) bond motifs is 1. The number of piperidine rings is 1. The summed E-state index contributed by atoms with van der Waals surface area (Å²) in [7, 11) is 1.68. The number of nitrogens with zero attached hydrogens (tertiary/aromatic N) is 1. The molecule has 2 N–H and O–H groups in total. The van der Waals surface area contributed by atoms with Crippen molar-refractivity contribution in [2.24, 2.45) is 5.92 Å². The summed E-state index contributed by atoms with van der Waals surface area (Å²) in [6.07, 6.45) is 9.20. The molecule has 2 saturated carbocycles. The molecule has 1 saturated heterocycles. The van der Waals surface area contributed by atoms with Gasteiger partial charge in [-0.2, -0.15) is 0 Å². The van der Waals surface area contributed by atoms with Crippen molar-refractivity contribution in [1.82, 2.24) is 10.2 Å². The van der Waals surface area contributed by atoms with Crippen LogP contribution in [0.4, 0.5) is 0 Å². The number of amides is 1. The monoisotopic (exact) mass is 544 g/mol. The Morgan fingerprint density at radius 1 is 1.32 bits per heavy atom. The molecule has 0 radical (unpaired) electrons.